The number of benzene rings is 1. The Morgan fingerprint density at radius 1 is 1.33 bits per heavy atom. The molecule has 3 nitrogen and oxygen atoms in total. The number of hydrogen-bond donors (Lipinski definition) is 1. The Morgan fingerprint density at radius 3 is 2.83 bits per heavy atom. The van der Waals surface area contributed by atoms with Crippen molar-refractivity contribution in [3.05, 3.63) is 59.1 Å². The Labute approximate surface area is 108 Å². The molecule has 0 bridgehead atoms. The van der Waals surface area contributed by atoms with Crippen LogP contribution in [-0.4, -0.2) is 9.38 Å². The lowest BCUT2D eigenvalue weighted by atomic mass is 10.0. The Kier molecular flexibility index (Phi) is 2.85. The highest BCUT2D eigenvalue weighted by atomic mass is 32.1. The minimum Gasteiger partial charge on any atom is -0.324 e. The SMILES string of the molecule is NC(Cc1cn2ccsc2n1)c1ccc(F)cc1. The minimum atomic E-state index is -0.242. The van der Waals surface area contributed by atoms with Crippen LogP contribution in [0.15, 0.2) is 42.0 Å². The van der Waals surface area contributed by atoms with Crippen molar-refractivity contribution in [2.24, 2.45) is 5.73 Å². The lowest BCUT2D eigenvalue weighted by molar-refractivity contribution is 0.624. The number of nitrogens with two attached hydrogens (primary N) is 1. The number of rotatable bonds is 3. The van der Waals surface area contributed by atoms with E-state index < -0.39 is 0 Å². The van der Waals surface area contributed by atoms with Crippen LogP contribution in [0.1, 0.15) is 17.3 Å². The van der Waals surface area contributed by atoms with Gasteiger partial charge in [-0.1, -0.05) is 12.1 Å². The molecule has 92 valence electrons. The molecule has 3 aromatic rings. The topological polar surface area (TPSA) is 43.3 Å². The molecule has 0 saturated heterocycles. The van der Waals surface area contributed by atoms with E-state index in [2.05, 4.69) is 4.98 Å². The molecule has 5 heteroatoms. The zero-order valence-corrected chi connectivity index (χ0v) is 10.4. The minimum absolute atomic E-state index is 0.157. The Hall–Kier alpha value is -1.72. The van der Waals surface area contributed by atoms with Crippen LogP contribution in [0.2, 0.25) is 0 Å². The first-order valence-corrected chi connectivity index (χ1v) is 6.52. The molecular formula is C13H12FN3S. The maximum atomic E-state index is 12.8. The summed E-state index contributed by atoms with van der Waals surface area (Å²) in [5.74, 6) is -0.242. The van der Waals surface area contributed by atoms with Crippen LogP contribution < -0.4 is 5.73 Å². The lowest BCUT2D eigenvalue weighted by Gasteiger charge is -2.09. The molecule has 1 atom stereocenters. The highest BCUT2D eigenvalue weighted by Gasteiger charge is 2.10. The fourth-order valence-electron chi connectivity index (χ4n) is 1.93. The molecule has 2 N–H and O–H groups in total. The van der Waals surface area contributed by atoms with Crippen molar-refractivity contribution >= 4 is 16.3 Å². The first kappa shape index (κ1) is 11.4. The molecule has 0 radical (unpaired) electrons. The van der Waals surface area contributed by atoms with Gasteiger partial charge in [-0.15, -0.1) is 11.3 Å². The van der Waals surface area contributed by atoms with E-state index in [-0.39, 0.29) is 11.9 Å². The first-order chi connectivity index (χ1) is 8.72. The number of imidazole rings is 1. The largest absolute Gasteiger partial charge is 0.324 e. The van der Waals surface area contributed by atoms with E-state index in [0.717, 1.165) is 16.2 Å². The molecule has 0 aliphatic rings. The predicted molar refractivity (Wildman–Crippen MR) is 70.1 cm³/mol. The number of aromatic nitrogens is 2. The summed E-state index contributed by atoms with van der Waals surface area (Å²) in [5.41, 5.74) is 7.98. The molecule has 1 unspecified atom stereocenters. The van der Waals surface area contributed by atoms with E-state index in [1.54, 1.807) is 23.5 Å². The third-order valence-corrected chi connectivity index (χ3v) is 3.64. The summed E-state index contributed by atoms with van der Waals surface area (Å²) in [6.45, 7) is 0. The summed E-state index contributed by atoms with van der Waals surface area (Å²) in [6.07, 6.45) is 4.61. The fourth-order valence-corrected chi connectivity index (χ4v) is 2.65. The van der Waals surface area contributed by atoms with Gasteiger partial charge in [0, 0.05) is 30.2 Å². The summed E-state index contributed by atoms with van der Waals surface area (Å²) < 4.78 is 14.8. The summed E-state index contributed by atoms with van der Waals surface area (Å²) in [4.78, 5) is 5.45. The highest BCUT2D eigenvalue weighted by Crippen LogP contribution is 2.18. The summed E-state index contributed by atoms with van der Waals surface area (Å²) in [5, 5.41) is 1.99. The van der Waals surface area contributed by atoms with Gasteiger partial charge in [-0.2, -0.15) is 0 Å². The van der Waals surface area contributed by atoms with Gasteiger partial charge in [0.2, 0.25) is 0 Å². The van der Waals surface area contributed by atoms with Gasteiger partial charge in [-0.05, 0) is 17.7 Å². The van der Waals surface area contributed by atoms with Crippen molar-refractivity contribution in [2.45, 2.75) is 12.5 Å². The molecule has 0 saturated carbocycles. The molecular weight excluding hydrogens is 249 g/mol. The molecule has 0 fully saturated rings. The third-order valence-electron chi connectivity index (χ3n) is 2.87. The molecule has 3 rings (SSSR count). The molecule has 2 heterocycles. The van der Waals surface area contributed by atoms with Crippen LogP contribution in [0.4, 0.5) is 4.39 Å². The number of thiazole rings is 1. The second kappa shape index (κ2) is 4.51. The van der Waals surface area contributed by atoms with Gasteiger partial charge in [-0.3, -0.25) is 4.40 Å². The van der Waals surface area contributed by atoms with Gasteiger partial charge < -0.3 is 5.73 Å². The smallest absolute Gasteiger partial charge is 0.193 e. The molecule has 0 spiro atoms. The van der Waals surface area contributed by atoms with E-state index in [1.165, 1.54) is 12.1 Å². The van der Waals surface area contributed by atoms with Gasteiger partial charge in [-0.25, -0.2) is 9.37 Å². The molecule has 2 aromatic heterocycles. The number of hydrogen-bond acceptors (Lipinski definition) is 3. The summed E-state index contributed by atoms with van der Waals surface area (Å²) in [7, 11) is 0. The van der Waals surface area contributed by atoms with E-state index in [0.29, 0.717) is 6.42 Å². The molecule has 0 aliphatic carbocycles. The van der Waals surface area contributed by atoms with Crippen molar-refractivity contribution in [3.63, 3.8) is 0 Å². The van der Waals surface area contributed by atoms with Crippen LogP contribution in [0.5, 0.6) is 0 Å². The van der Waals surface area contributed by atoms with Crippen LogP contribution in [0.25, 0.3) is 4.96 Å². The zero-order chi connectivity index (χ0) is 12.5. The fraction of sp³-hybridized carbons (Fsp3) is 0.154. The predicted octanol–water partition coefficient (Wildman–Crippen LogP) is 2.78. The quantitative estimate of drug-likeness (QED) is 0.787. The lowest BCUT2D eigenvalue weighted by Crippen LogP contribution is -2.13. The third kappa shape index (κ3) is 2.14. The average Bonchev–Trinajstić information content (AvgIpc) is 2.90. The van der Waals surface area contributed by atoms with E-state index in [1.807, 2.05) is 22.2 Å². The van der Waals surface area contributed by atoms with E-state index in [9.17, 15) is 4.39 Å². The zero-order valence-electron chi connectivity index (χ0n) is 9.58. The summed E-state index contributed by atoms with van der Waals surface area (Å²) in [6, 6.07) is 6.15. The van der Waals surface area contributed by atoms with Crippen molar-refractivity contribution in [2.75, 3.05) is 0 Å². The highest BCUT2D eigenvalue weighted by molar-refractivity contribution is 7.15. The summed E-state index contributed by atoms with van der Waals surface area (Å²) >= 11 is 1.59. The second-order valence-electron chi connectivity index (χ2n) is 4.19. The second-order valence-corrected chi connectivity index (χ2v) is 5.06. The molecule has 1 aromatic carbocycles. The van der Waals surface area contributed by atoms with Crippen LogP contribution in [-0.2, 0) is 6.42 Å². The van der Waals surface area contributed by atoms with Crippen molar-refractivity contribution in [1.29, 1.82) is 0 Å². The van der Waals surface area contributed by atoms with Gasteiger partial charge in [0.1, 0.15) is 5.82 Å². The molecule has 0 aliphatic heterocycles. The van der Waals surface area contributed by atoms with E-state index >= 15 is 0 Å². The Bertz CT molecular complexity index is 628. The molecule has 0 amide bonds. The maximum Gasteiger partial charge on any atom is 0.193 e. The van der Waals surface area contributed by atoms with Crippen molar-refractivity contribution in [3.8, 4) is 0 Å². The maximum absolute atomic E-state index is 12.8. The Morgan fingerprint density at radius 2 is 2.11 bits per heavy atom. The van der Waals surface area contributed by atoms with Gasteiger partial charge in [0.25, 0.3) is 0 Å². The normalized spacial score (nSPS) is 13.0. The standard InChI is InChI=1S/C13H12FN3S/c14-10-3-1-9(2-4-10)12(15)7-11-8-17-5-6-18-13(17)16-11/h1-6,8,12H,7,15H2. The first-order valence-electron chi connectivity index (χ1n) is 5.64. The van der Waals surface area contributed by atoms with Gasteiger partial charge in [0.05, 0.1) is 5.69 Å². The van der Waals surface area contributed by atoms with Crippen molar-refractivity contribution < 1.29 is 4.39 Å². The average molecular weight is 261 g/mol. The monoisotopic (exact) mass is 261 g/mol. The van der Waals surface area contributed by atoms with E-state index in [4.69, 9.17) is 5.73 Å². The van der Waals surface area contributed by atoms with Gasteiger partial charge in [0.15, 0.2) is 4.96 Å². The molecule has 18 heavy (non-hydrogen) atoms. The van der Waals surface area contributed by atoms with Crippen LogP contribution >= 0.6 is 11.3 Å². The Balaban J connectivity index is 1.79. The number of nitrogens with zero attached hydrogens (tertiary/aromatic N) is 2. The number of halogens is 1. The van der Waals surface area contributed by atoms with Gasteiger partial charge >= 0.3 is 0 Å². The van der Waals surface area contributed by atoms with Crippen molar-refractivity contribution in [1.82, 2.24) is 9.38 Å². The van der Waals surface area contributed by atoms with Crippen LogP contribution in [0, 0.1) is 5.82 Å². The van der Waals surface area contributed by atoms with Crippen LogP contribution in [0.3, 0.4) is 0 Å². The number of fused-ring (bicyclic) bond motifs is 1.